The van der Waals surface area contributed by atoms with Crippen LogP contribution in [0.3, 0.4) is 0 Å². The third kappa shape index (κ3) is 3.95. The number of amides is 1. The van der Waals surface area contributed by atoms with Crippen molar-refractivity contribution in [2.45, 2.75) is 38.4 Å². The molecule has 1 aliphatic carbocycles. The molecule has 0 radical (unpaired) electrons. The summed E-state index contributed by atoms with van der Waals surface area (Å²) in [5, 5.41) is 7.27. The summed E-state index contributed by atoms with van der Waals surface area (Å²) in [6.45, 7) is 0.395. The molecule has 1 aliphatic rings. The predicted octanol–water partition coefficient (Wildman–Crippen LogP) is 2.96. The lowest BCUT2D eigenvalue weighted by molar-refractivity contribution is 0.0996. The van der Waals surface area contributed by atoms with Crippen LogP contribution in [0.5, 0.6) is 0 Å². The molecule has 34 heavy (non-hydrogen) atoms. The summed E-state index contributed by atoms with van der Waals surface area (Å²) < 4.78 is 29.2. The van der Waals surface area contributed by atoms with Crippen LogP contribution in [0.15, 0.2) is 24.9 Å². The molecular formula is C22H23F2N9O. The molecule has 4 heterocycles. The van der Waals surface area contributed by atoms with E-state index in [-0.39, 0.29) is 24.0 Å². The number of aromatic nitrogens is 7. The van der Waals surface area contributed by atoms with Crippen LogP contribution in [0.1, 0.15) is 40.6 Å². The number of pyridine rings is 1. The summed E-state index contributed by atoms with van der Waals surface area (Å²) in [6, 6.07) is 0. The van der Waals surface area contributed by atoms with Gasteiger partial charge >= 0.3 is 0 Å². The number of imidazole rings is 1. The zero-order chi connectivity index (χ0) is 24.0. The number of hydrogen-bond acceptors (Lipinski definition) is 7. The second-order valence-electron chi connectivity index (χ2n) is 8.43. The molecule has 1 fully saturated rings. The van der Waals surface area contributed by atoms with E-state index in [2.05, 4.69) is 25.4 Å². The fourth-order valence-electron chi connectivity index (χ4n) is 3.88. The number of carbonyl (C=O) groups excluding carboxylic acids is 1. The fraction of sp³-hybridized carbons (Fsp3) is 0.364. The Balaban J connectivity index is 1.60. The van der Waals surface area contributed by atoms with Gasteiger partial charge in [-0.2, -0.15) is 5.10 Å². The van der Waals surface area contributed by atoms with E-state index in [4.69, 9.17) is 10.7 Å². The van der Waals surface area contributed by atoms with Gasteiger partial charge in [-0.1, -0.05) is 0 Å². The topological polar surface area (TPSA) is 129 Å². The van der Waals surface area contributed by atoms with Crippen molar-refractivity contribution in [3.63, 3.8) is 0 Å². The second-order valence-corrected chi connectivity index (χ2v) is 8.43. The third-order valence-electron chi connectivity index (χ3n) is 5.77. The molecule has 0 saturated heterocycles. The fourth-order valence-corrected chi connectivity index (χ4v) is 3.88. The molecule has 5 rings (SSSR count). The van der Waals surface area contributed by atoms with Gasteiger partial charge in [-0.25, -0.2) is 23.7 Å². The Morgan fingerprint density at radius 3 is 2.82 bits per heavy atom. The van der Waals surface area contributed by atoms with Crippen molar-refractivity contribution >= 4 is 28.4 Å². The summed E-state index contributed by atoms with van der Waals surface area (Å²) >= 11 is 0. The molecule has 3 N–H and O–H groups in total. The van der Waals surface area contributed by atoms with Gasteiger partial charge in [0.15, 0.2) is 11.5 Å². The third-order valence-corrected chi connectivity index (χ3v) is 5.77. The summed E-state index contributed by atoms with van der Waals surface area (Å²) in [7, 11) is 1.87. The van der Waals surface area contributed by atoms with Crippen LogP contribution in [0.2, 0.25) is 0 Å². The van der Waals surface area contributed by atoms with Crippen LogP contribution in [0.25, 0.3) is 22.3 Å². The normalized spacial score (nSPS) is 14.5. The number of nitrogens with two attached hydrogens (primary N) is 1. The Morgan fingerprint density at radius 1 is 1.32 bits per heavy atom. The number of nitrogens with one attached hydrogen (secondary N) is 1. The molecule has 10 nitrogen and oxygen atoms in total. The minimum atomic E-state index is -1.66. The van der Waals surface area contributed by atoms with Gasteiger partial charge < -0.3 is 15.6 Å². The van der Waals surface area contributed by atoms with Crippen LogP contribution in [-0.2, 0) is 13.6 Å². The predicted molar refractivity (Wildman–Crippen MR) is 121 cm³/mol. The maximum Gasteiger partial charge on any atom is 0.271 e. The van der Waals surface area contributed by atoms with Crippen molar-refractivity contribution in [2.24, 2.45) is 12.8 Å². The Bertz CT molecular complexity index is 1390. The average Bonchev–Trinajstić information content (AvgIpc) is 3.52. The Labute approximate surface area is 193 Å². The molecule has 1 saturated carbocycles. The average molecular weight is 467 g/mol. The van der Waals surface area contributed by atoms with Gasteiger partial charge in [-0.05, 0) is 19.8 Å². The molecule has 4 aromatic heterocycles. The molecule has 176 valence electrons. The van der Waals surface area contributed by atoms with E-state index in [0.717, 1.165) is 24.1 Å². The number of halogens is 2. The van der Waals surface area contributed by atoms with Crippen LogP contribution in [0, 0.1) is 6.92 Å². The van der Waals surface area contributed by atoms with Gasteiger partial charge in [0.2, 0.25) is 0 Å². The largest absolute Gasteiger partial charge is 0.364 e. The molecule has 1 atom stereocenters. The van der Waals surface area contributed by atoms with E-state index in [1.807, 2.05) is 11.6 Å². The smallest absolute Gasteiger partial charge is 0.271 e. The Morgan fingerprint density at radius 2 is 2.12 bits per heavy atom. The first-order valence-corrected chi connectivity index (χ1v) is 10.8. The standard InChI is InChI=1S/C22H23F2N9O/c1-11-15(9-33(31-11)8-13(24)5-23)28-22-20(21(25)34)29-19(17(30-22)12-3-4-12)14-6-26-7-16-18(14)27-10-32(16)2/h6-7,9-10,12-13H,3-5,8H2,1-2H3,(H2,25,34)(H,28,30). The Hall–Kier alpha value is -3.96. The number of anilines is 2. The highest BCUT2D eigenvalue weighted by atomic mass is 19.2. The number of alkyl halides is 2. The van der Waals surface area contributed by atoms with Gasteiger partial charge in [0.1, 0.15) is 18.4 Å². The summed E-state index contributed by atoms with van der Waals surface area (Å²) in [5.41, 5.74) is 10.1. The van der Waals surface area contributed by atoms with E-state index in [9.17, 15) is 13.6 Å². The number of rotatable bonds is 8. The minimum Gasteiger partial charge on any atom is -0.364 e. The summed E-state index contributed by atoms with van der Waals surface area (Å²) in [6.07, 6.45) is 6.84. The second kappa shape index (κ2) is 8.43. The van der Waals surface area contributed by atoms with E-state index in [0.29, 0.717) is 28.2 Å². The molecule has 1 unspecified atom stereocenters. The minimum absolute atomic E-state index is 0.0494. The summed E-state index contributed by atoms with van der Waals surface area (Å²) in [5.74, 6) is -0.389. The van der Waals surface area contributed by atoms with Gasteiger partial charge in [0, 0.05) is 30.9 Å². The maximum atomic E-state index is 13.5. The lowest BCUT2D eigenvalue weighted by Crippen LogP contribution is -2.18. The lowest BCUT2D eigenvalue weighted by Gasteiger charge is -2.14. The number of primary amides is 1. The highest BCUT2D eigenvalue weighted by Crippen LogP contribution is 2.44. The molecule has 0 spiro atoms. The maximum absolute atomic E-state index is 13.5. The number of nitrogens with zero attached hydrogens (tertiary/aromatic N) is 7. The van der Waals surface area contributed by atoms with Gasteiger partial charge in [-0.3, -0.25) is 14.5 Å². The monoisotopic (exact) mass is 467 g/mol. The number of hydrogen-bond donors (Lipinski definition) is 2. The van der Waals surface area contributed by atoms with Crippen LogP contribution >= 0.6 is 0 Å². The van der Waals surface area contributed by atoms with E-state index >= 15 is 0 Å². The van der Waals surface area contributed by atoms with Gasteiger partial charge in [0.25, 0.3) is 5.91 Å². The summed E-state index contributed by atoms with van der Waals surface area (Å²) in [4.78, 5) is 30.6. The zero-order valence-electron chi connectivity index (χ0n) is 18.7. The number of carbonyl (C=O) groups is 1. The quantitative estimate of drug-likeness (QED) is 0.407. The van der Waals surface area contributed by atoms with Gasteiger partial charge in [-0.15, -0.1) is 0 Å². The SMILES string of the molecule is Cc1nn(CC(F)CF)cc1Nc1nc(C2CC2)c(-c2cncc3c2ncn3C)nc1C(N)=O. The highest BCUT2D eigenvalue weighted by molar-refractivity contribution is 5.98. The number of aryl methyl sites for hydroxylation is 2. The van der Waals surface area contributed by atoms with Crippen molar-refractivity contribution in [3.8, 4) is 11.3 Å². The highest BCUT2D eigenvalue weighted by Gasteiger charge is 2.32. The molecule has 12 heteroatoms. The van der Waals surface area contributed by atoms with Crippen molar-refractivity contribution in [1.82, 2.24) is 34.3 Å². The van der Waals surface area contributed by atoms with Crippen LogP contribution in [0.4, 0.5) is 20.3 Å². The molecule has 1 amide bonds. The molecule has 4 aromatic rings. The first-order chi connectivity index (χ1) is 16.4. The van der Waals surface area contributed by atoms with Crippen molar-refractivity contribution in [3.05, 3.63) is 42.0 Å². The van der Waals surface area contributed by atoms with E-state index < -0.39 is 18.8 Å². The zero-order valence-corrected chi connectivity index (χ0v) is 18.7. The van der Waals surface area contributed by atoms with E-state index in [1.54, 1.807) is 25.6 Å². The Kier molecular flexibility index (Phi) is 5.42. The van der Waals surface area contributed by atoms with Gasteiger partial charge in [0.05, 0.1) is 47.4 Å². The van der Waals surface area contributed by atoms with Crippen molar-refractivity contribution in [1.29, 1.82) is 0 Å². The van der Waals surface area contributed by atoms with Crippen molar-refractivity contribution in [2.75, 3.05) is 12.0 Å². The number of fused-ring (bicyclic) bond motifs is 1. The molecule has 0 aromatic carbocycles. The van der Waals surface area contributed by atoms with E-state index in [1.165, 1.54) is 10.9 Å². The molecular weight excluding hydrogens is 444 g/mol. The molecule has 0 bridgehead atoms. The first kappa shape index (κ1) is 21.9. The first-order valence-electron chi connectivity index (χ1n) is 10.8. The van der Waals surface area contributed by atoms with Crippen LogP contribution in [-0.4, -0.2) is 53.0 Å². The van der Waals surface area contributed by atoms with Crippen molar-refractivity contribution < 1.29 is 13.6 Å². The lowest BCUT2D eigenvalue weighted by atomic mass is 10.1. The molecule has 0 aliphatic heterocycles. The van der Waals surface area contributed by atoms with Crippen LogP contribution < -0.4 is 11.1 Å².